The van der Waals surface area contributed by atoms with E-state index in [0.717, 1.165) is 0 Å². The minimum absolute atomic E-state index is 0.141. The van der Waals surface area contributed by atoms with Crippen LogP contribution in [0, 0.1) is 0 Å². The summed E-state index contributed by atoms with van der Waals surface area (Å²) in [6.45, 7) is 1.77. The molecule has 0 spiro atoms. The van der Waals surface area contributed by atoms with Crippen LogP contribution in [-0.4, -0.2) is 17.9 Å². The lowest BCUT2D eigenvalue weighted by Crippen LogP contribution is -2.23. The molecule has 2 rings (SSSR count). The number of benzene rings is 1. The van der Waals surface area contributed by atoms with Crippen LogP contribution in [0.1, 0.15) is 23.9 Å². The van der Waals surface area contributed by atoms with Crippen molar-refractivity contribution in [1.29, 1.82) is 0 Å². The molecule has 0 fully saturated rings. The highest BCUT2D eigenvalue weighted by atomic mass is 16.3. The Labute approximate surface area is 122 Å². The average molecular weight is 287 g/mol. The number of carbonyl (C=O) groups excluding carboxylic acids is 2. The maximum Gasteiger partial charge on any atom is 0.291 e. The Kier molecular flexibility index (Phi) is 4.73. The molecular formula is C15H17N3O3. The van der Waals surface area contributed by atoms with Gasteiger partial charge < -0.3 is 20.8 Å². The summed E-state index contributed by atoms with van der Waals surface area (Å²) in [6, 6.07) is 9.85. The van der Waals surface area contributed by atoms with E-state index < -0.39 is 0 Å². The fourth-order valence-corrected chi connectivity index (χ4v) is 1.74. The van der Waals surface area contributed by atoms with Crippen LogP contribution < -0.4 is 16.4 Å². The second kappa shape index (κ2) is 6.71. The standard InChI is InChI=1S/C15H17N3O3/c1-10(16)9-14(19)17-11-4-6-12(7-5-11)18-15(20)13-3-2-8-21-13/h2-8,10H,9,16H2,1H3,(H,17,19)(H,18,20). The zero-order valence-corrected chi connectivity index (χ0v) is 11.6. The predicted molar refractivity (Wildman–Crippen MR) is 80.0 cm³/mol. The number of rotatable bonds is 5. The lowest BCUT2D eigenvalue weighted by molar-refractivity contribution is -0.116. The highest BCUT2D eigenvalue weighted by Gasteiger charge is 2.09. The molecule has 0 aliphatic carbocycles. The molecule has 4 N–H and O–H groups in total. The van der Waals surface area contributed by atoms with Crippen molar-refractivity contribution in [3.63, 3.8) is 0 Å². The van der Waals surface area contributed by atoms with Gasteiger partial charge in [-0.15, -0.1) is 0 Å². The van der Waals surface area contributed by atoms with Gasteiger partial charge in [-0.3, -0.25) is 9.59 Å². The van der Waals surface area contributed by atoms with Crippen LogP contribution in [0.15, 0.2) is 47.1 Å². The van der Waals surface area contributed by atoms with E-state index in [1.807, 2.05) is 0 Å². The third kappa shape index (κ3) is 4.47. The smallest absolute Gasteiger partial charge is 0.291 e. The molecule has 0 radical (unpaired) electrons. The molecule has 0 bridgehead atoms. The number of nitrogens with one attached hydrogen (secondary N) is 2. The Morgan fingerprint density at radius 3 is 2.29 bits per heavy atom. The molecule has 0 aliphatic rings. The molecule has 1 aromatic heterocycles. The predicted octanol–water partition coefficient (Wildman–Crippen LogP) is 2.21. The molecule has 1 unspecified atom stereocenters. The summed E-state index contributed by atoms with van der Waals surface area (Å²) in [5.41, 5.74) is 6.82. The van der Waals surface area contributed by atoms with Crippen LogP contribution in [0.3, 0.4) is 0 Å². The quantitative estimate of drug-likeness (QED) is 0.785. The SMILES string of the molecule is CC(N)CC(=O)Nc1ccc(NC(=O)c2ccco2)cc1. The van der Waals surface area contributed by atoms with Crippen LogP contribution in [-0.2, 0) is 4.79 Å². The lowest BCUT2D eigenvalue weighted by Gasteiger charge is -2.08. The number of furan rings is 1. The van der Waals surface area contributed by atoms with Crippen molar-refractivity contribution >= 4 is 23.2 Å². The van der Waals surface area contributed by atoms with Gasteiger partial charge in [-0.25, -0.2) is 0 Å². The number of anilines is 2. The second-order valence-electron chi connectivity index (χ2n) is 4.74. The molecule has 6 heteroatoms. The van der Waals surface area contributed by atoms with E-state index in [9.17, 15) is 9.59 Å². The normalized spacial score (nSPS) is 11.7. The Balaban J connectivity index is 1.93. The number of carbonyl (C=O) groups is 2. The van der Waals surface area contributed by atoms with Crippen LogP contribution in [0.2, 0.25) is 0 Å². The molecule has 1 aromatic carbocycles. The van der Waals surface area contributed by atoms with E-state index in [1.165, 1.54) is 6.26 Å². The molecule has 110 valence electrons. The van der Waals surface area contributed by atoms with Crippen LogP contribution >= 0.6 is 0 Å². The topological polar surface area (TPSA) is 97.4 Å². The largest absolute Gasteiger partial charge is 0.459 e. The van der Waals surface area contributed by atoms with Gasteiger partial charge in [-0.2, -0.15) is 0 Å². The number of amides is 2. The van der Waals surface area contributed by atoms with Gasteiger partial charge in [0.15, 0.2) is 5.76 Å². The summed E-state index contributed by atoms with van der Waals surface area (Å²) < 4.78 is 5.00. The average Bonchev–Trinajstić information content (AvgIpc) is 2.94. The molecule has 21 heavy (non-hydrogen) atoms. The minimum Gasteiger partial charge on any atom is -0.459 e. The second-order valence-corrected chi connectivity index (χ2v) is 4.74. The molecule has 6 nitrogen and oxygen atoms in total. The van der Waals surface area contributed by atoms with Crippen molar-refractivity contribution in [3.8, 4) is 0 Å². The number of hydrogen-bond donors (Lipinski definition) is 3. The van der Waals surface area contributed by atoms with Crippen LogP contribution in [0.5, 0.6) is 0 Å². The Hall–Kier alpha value is -2.60. The first kappa shape index (κ1) is 14.8. The van der Waals surface area contributed by atoms with E-state index >= 15 is 0 Å². The first-order valence-corrected chi connectivity index (χ1v) is 6.55. The summed E-state index contributed by atoms with van der Waals surface area (Å²) in [4.78, 5) is 23.3. The van der Waals surface area contributed by atoms with Gasteiger partial charge in [-0.05, 0) is 43.3 Å². The summed E-state index contributed by atoms with van der Waals surface area (Å²) in [5, 5.41) is 5.42. The van der Waals surface area contributed by atoms with Crippen molar-refractivity contribution in [2.45, 2.75) is 19.4 Å². The Bertz CT molecular complexity index is 604. The van der Waals surface area contributed by atoms with Gasteiger partial charge in [0.2, 0.25) is 5.91 Å². The third-order valence-corrected chi connectivity index (χ3v) is 2.68. The van der Waals surface area contributed by atoms with E-state index in [1.54, 1.807) is 43.3 Å². The van der Waals surface area contributed by atoms with Crippen molar-refractivity contribution in [2.24, 2.45) is 5.73 Å². The lowest BCUT2D eigenvalue weighted by atomic mass is 10.2. The third-order valence-electron chi connectivity index (χ3n) is 2.68. The molecule has 1 atom stereocenters. The first-order valence-electron chi connectivity index (χ1n) is 6.55. The van der Waals surface area contributed by atoms with Gasteiger partial charge in [0.25, 0.3) is 5.91 Å². The number of nitrogens with two attached hydrogens (primary N) is 1. The van der Waals surface area contributed by atoms with Crippen molar-refractivity contribution in [1.82, 2.24) is 0 Å². The zero-order valence-electron chi connectivity index (χ0n) is 11.6. The van der Waals surface area contributed by atoms with Crippen molar-refractivity contribution < 1.29 is 14.0 Å². The highest BCUT2D eigenvalue weighted by molar-refractivity contribution is 6.02. The van der Waals surface area contributed by atoms with Gasteiger partial charge in [-0.1, -0.05) is 0 Å². The maximum absolute atomic E-state index is 11.8. The first-order chi connectivity index (χ1) is 10.0. The number of hydrogen-bond acceptors (Lipinski definition) is 4. The molecule has 0 saturated heterocycles. The van der Waals surface area contributed by atoms with E-state index in [4.69, 9.17) is 10.2 Å². The molecular weight excluding hydrogens is 270 g/mol. The molecule has 0 saturated carbocycles. The van der Waals surface area contributed by atoms with Gasteiger partial charge in [0.05, 0.1) is 6.26 Å². The summed E-state index contributed by atoms with van der Waals surface area (Å²) in [6.07, 6.45) is 1.70. The minimum atomic E-state index is -0.325. The molecule has 2 amide bonds. The highest BCUT2D eigenvalue weighted by Crippen LogP contribution is 2.15. The zero-order chi connectivity index (χ0) is 15.2. The summed E-state index contributed by atoms with van der Waals surface area (Å²) in [7, 11) is 0. The van der Waals surface area contributed by atoms with E-state index in [2.05, 4.69) is 10.6 Å². The monoisotopic (exact) mass is 287 g/mol. The molecule has 1 heterocycles. The molecule has 2 aromatic rings. The van der Waals surface area contributed by atoms with Gasteiger partial charge in [0.1, 0.15) is 0 Å². The van der Waals surface area contributed by atoms with Gasteiger partial charge >= 0.3 is 0 Å². The summed E-state index contributed by atoms with van der Waals surface area (Å²) >= 11 is 0. The summed E-state index contributed by atoms with van der Waals surface area (Å²) in [5.74, 6) is -0.226. The maximum atomic E-state index is 11.8. The van der Waals surface area contributed by atoms with Crippen LogP contribution in [0.25, 0.3) is 0 Å². The van der Waals surface area contributed by atoms with E-state index in [0.29, 0.717) is 11.4 Å². The Morgan fingerprint density at radius 1 is 1.14 bits per heavy atom. The van der Waals surface area contributed by atoms with Crippen molar-refractivity contribution in [3.05, 3.63) is 48.4 Å². The fourth-order valence-electron chi connectivity index (χ4n) is 1.74. The Morgan fingerprint density at radius 2 is 1.76 bits per heavy atom. The molecule has 0 aliphatic heterocycles. The van der Waals surface area contributed by atoms with Crippen LogP contribution in [0.4, 0.5) is 11.4 Å². The fraction of sp³-hybridized carbons (Fsp3) is 0.200. The van der Waals surface area contributed by atoms with Gasteiger partial charge in [0, 0.05) is 23.8 Å². The van der Waals surface area contributed by atoms with E-state index in [-0.39, 0.29) is 30.0 Å². The van der Waals surface area contributed by atoms with Crippen molar-refractivity contribution in [2.75, 3.05) is 10.6 Å².